The molecular formula is C12H12FNO. The number of hydrogen-bond acceptors (Lipinski definition) is 1. The number of rotatable bonds is 3. The topological polar surface area (TPSA) is 25.0 Å². The summed E-state index contributed by atoms with van der Waals surface area (Å²) in [7, 11) is 1.54. The average Bonchev–Trinajstić information content (AvgIpc) is 2.71. The number of hydrogen-bond donors (Lipinski definition) is 1. The summed E-state index contributed by atoms with van der Waals surface area (Å²) in [4.78, 5) is 2.87. The molecule has 0 spiro atoms. The second-order valence-electron chi connectivity index (χ2n) is 3.30. The van der Waals surface area contributed by atoms with E-state index in [9.17, 15) is 4.39 Å². The molecule has 1 N–H and O–H groups in total. The van der Waals surface area contributed by atoms with Crippen LogP contribution < -0.4 is 4.74 Å². The van der Waals surface area contributed by atoms with Gasteiger partial charge >= 0.3 is 0 Å². The Hall–Kier alpha value is -1.77. The smallest absolute Gasteiger partial charge is 0.150 e. The molecule has 78 valence electrons. The van der Waals surface area contributed by atoms with Gasteiger partial charge in [-0.05, 0) is 12.5 Å². The lowest BCUT2D eigenvalue weighted by Gasteiger charge is -2.08. The van der Waals surface area contributed by atoms with Crippen LogP contribution in [0.1, 0.15) is 5.56 Å². The number of halogens is 1. The van der Waals surface area contributed by atoms with Gasteiger partial charge in [-0.25, -0.2) is 4.39 Å². The number of allylic oxidation sites excluding steroid dienone is 1. The summed E-state index contributed by atoms with van der Waals surface area (Å²) in [6, 6.07) is 3.25. The first kappa shape index (κ1) is 9.77. The predicted molar refractivity (Wildman–Crippen MR) is 58.7 cm³/mol. The largest absolute Gasteiger partial charge is 0.496 e. The van der Waals surface area contributed by atoms with Crippen LogP contribution in [0.15, 0.2) is 31.0 Å². The van der Waals surface area contributed by atoms with Gasteiger partial charge < -0.3 is 9.72 Å². The molecule has 0 aliphatic rings. The van der Waals surface area contributed by atoms with E-state index in [1.54, 1.807) is 19.4 Å². The Kier molecular flexibility index (Phi) is 2.46. The minimum atomic E-state index is -0.292. The SMILES string of the molecule is C=CCc1c(OC)cc(F)c2[nH]ccc12. The minimum absolute atomic E-state index is 0.292. The van der Waals surface area contributed by atoms with Gasteiger partial charge in [0, 0.05) is 23.2 Å². The van der Waals surface area contributed by atoms with E-state index >= 15 is 0 Å². The first-order valence-corrected chi connectivity index (χ1v) is 4.71. The van der Waals surface area contributed by atoms with Gasteiger partial charge in [0.1, 0.15) is 5.75 Å². The molecule has 15 heavy (non-hydrogen) atoms. The molecule has 0 unspecified atom stereocenters. The summed E-state index contributed by atoms with van der Waals surface area (Å²) in [5.41, 5.74) is 1.48. The Morgan fingerprint density at radius 3 is 3.07 bits per heavy atom. The number of H-pyrrole nitrogens is 1. The summed E-state index contributed by atoms with van der Waals surface area (Å²) >= 11 is 0. The molecule has 1 heterocycles. The maximum Gasteiger partial charge on any atom is 0.150 e. The predicted octanol–water partition coefficient (Wildman–Crippen LogP) is 3.04. The quantitative estimate of drug-likeness (QED) is 0.765. The van der Waals surface area contributed by atoms with Gasteiger partial charge in [-0.2, -0.15) is 0 Å². The number of fused-ring (bicyclic) bond motifs is 1. The van der Waals surface area contributed by atoms with Crippen LogP contribution in [0.3, 0.4) is 0 Å². The second-order valence-corrected chi connectivity index (χ2v) is 3.30. The zero-order valence-electron chi connectivity index (χ0n) is 8.51. The van der Waals surface area contributed by atoms with Crippen molar-refractivity contribution in [1.82, 2.24) is 4.98 Å². The van der Waals surface area contributed by atoms with Gasteiger partial charge in [0.05, 0.1) is 12.6 Å². The van der Waals surface area contributed by atoms with Gasteiger partial charge in [-0.3, -0.25) is 0 Å². The number of aromatic amines is 1. The van der Waals surface area contributed by atoms with Crippen LogP contribution in [-0.4, -0.2) is 12.1 Å². The van der Waals surface area contributed by atoms with E-state index < -0.39 is 0 Å². The van der Waals surface area contributed by atoms with Crippen molar-refractivity contribution in [2.24, 2.45) is 0 Å². The summed E-state index contributed by atoms with van der Waals surface area (Å²) < 4.78 is 18.7. The van der Waals surface area contributed by atoms with Crippen LogP contribution in [0.2, 0.25) is 0 Å². The molecule has 0 bridgehead atoms. The van der Waals surface area contributed by atoms with Crippen molar-refractivity contribution in [3.05, 3.63) is 42.4 Å². The fraction of sp³-hybridized carbons (Fsp3) is 0.167. The number of benzene rings is 1. The third-order valence-electron chi connectivity index (χ3n) is 2.43. The van der Waals surface area contributed by atoms with Crippen molar-refractivity contribution >= 4 is 10.9 Å². The molecule has 3 heteroatoms. The summed E-state index contributed by atoms with van der Waals surface area (Å²) in [5, 5.41) is 0.853. The zero-order chi connectivity index (χ0) is 10.8. The highest BCUT2D eigenvalue weighted by Gasteiger charge is 2.12. The monoisotopic (exact) mass is 205 g/mol. The summed E-state index contributed by atoms with van der Waals surface area (Å²) in [5.74, 6) is 0.277. The molecule has 2 nitrogen and oxygen atoms in total. The minimum Gasteiger partial charge on any atom is -0.496 e. The number of aromatic nitrogens is 1. The normalized spacial score (nSPS) is 10.5. The van der Waals surface area contributed by atoms with Gasteiger partial charge in [-0.15, -0.1) is 6.58 Å². The van der Waals surface area contributed by atoms with Crippen LogP contribution in [0.4, 0.5) is 4.39 Å². The van der Waals surface area contributed by atoms with Crippen LogP contribution in [0.25, 0.3) is 10.9 Å². The molecule has 0 saturated carbocycles. The molecule has 2 aromatic rings. The molecule has 0 atom stereocenters. The van der Waals surface area contributed by atoms with Crippen molar-refractivity contribution in [2.75, 3.05) is 7.11 Å². The van der Waals surface area contributed by atoms with Crippen LogP contribution in [0, 0.1) is 5.82 Å². The average molecular weight is 205 g/mol. The molecule has 0 amide bonds. The highest BCUT2D eigenvalue weighted by molar-refractivity contribution is 5.86. The van der Waals surface area contributed by atoms with E-state index in [4.69, 9.17) is 4.74 Å². The third-order valence-corrected chi connectivity index (χ3v) is 2.43. The van der Waals surface area contributed by atoms with Gasteiger partial charge in [0.15, 0.2) is 5.82 Å². The van der Waals surface area contributed by atoms with Gasteiger partial charge in [0.25, 0.3) is 0 Å². The Morgan fingerprint density at radius 2 is 2.40 bits per heavy atom. The van der Waals surface area contributed by atoms with Crippen molar-refractivity contribution in [3.63, 3.8) is 0 Å². The lowest BCUT2D eigenvalue weighted by Crippen LogP contribution is -1.93. The van der Waals surface area contributed by atoms with Crippen molar-refractivity contribution in [3.8, 4) is 5.75 Å². The van der Waals surface area contributed by atoms with Crippen molar-refractivity contribution in [2.45, 2.75) is 6.42 Å². The molecule has 0 radical (unpaired) electrons. The van der Waals surface area contributed by atoms with Crippen LogP contribution in [0.5, 0.6) is 5.75 Å². The van der Waals surface area contributed by atoms with Crippen LogP contribution in [-0.2, 0) is 6.42 Å². The lowest BCUT2D eigenvalue weighted by molar-refractivity contribution is 0.408. The highest BCUT2D eigenvalue weighted by Crippen LogP contribution is 2.30. The molecular weight excluding hydrogens is 193 g/mol. The lowest BCUT2D eigenvalue weighted by atomic mass is 10.1. The summed E-state index contributed by atoms with van der Waals surface area (Å²) in [6.07, 6.45) is 4.17. The van der Waals surface area contributed by atoms with E-state index in [2.05, 4.69) is 11.6 Å². The third kappa shape index (κ3) is 1.50. The van der Waals surface area contributed by atoms with E-state index in [1.165, 1.54) is 6.07 Å². The molecule has 1 aromatic carbocycles. The first-order chi connectivity index (χ1) is 7.27. The number of ether oxygens (including phenoxy) is 1. The molecule has 0 fully saturated rings. The molecule has 0 aliphatic heterocycles. The fourth-order valence-corrected chi connectivity index (χ4v) is 1.76. The molecule has 1 aromatic heterocycles. The number of nitrogens with one attached hydrogen (secondary N) is 1. The maximum absolute atomic E-state index is 13.6. The summed E-state index contributed by atoms with van der Waals surface area (Å²) in [6.45, 7) is 3.69. The van der Waals surface area contributed by atoms with Crippen molar-refractivity contribution < 1.29 is 9.13 Å². The molecule has 0 saturated heterocycles. The standard InChI is InChI=1S/C12H12FNO/c1-3-4-8-9-5-6-14-12(9)10(13)7-11(8)15-2/h3,5-7,14H,1,4H2,2H3. The molecule has 2 rings (SSSR count). The Morgan fingerprint density at radius 1 is 1.60 bits per heavy atom. The van der Waals surface area contributed by atoms with E-state index in [1.807, 2.05) is 6.07 Å². The van der Waals surface area contributed by atoms with Gasteiger partial charge in [0.2, 0.25) is 0 Å². The van der Waals surface area contributed by atoms with E-state index in [-0.39, 0.29) is 5.82 Å². The maximum atomic E-state index is 13.6. The molecule has 0 aliphatic carbocycles. The van der Waals surface area contributed by atoms with E-state index in [0.717, 1.165) is 10.9 Å². The van der Waals surface area contributed by atoms with E-state index in [0.29, 0.717) is 17.7 Å². The Bertz CT molecular complexity index is 502. The number of methoxy groups -OCH3 is 1. The first-order valence-electron chi connectivity index (χ1n) is 4.71. The highest BCUT2D eigenvalue weighted by atomic mass is 19.1. The van der Waals surface area contributed by atoms with Gasteiger partial charge in [-0.1, -0.05) is 6.08 Å². The van der Waals surface area contributed by atoms with Crippen molar-refractivity contribution in [1.29, 1.82) is 0 Å². The fourth-order valence-electron chi connectivity index (χ4n) is 1.76. The Balaban J connectivity index is 2.76. The Labute approximate surface area is 87.4 Å². The zero-order valence-corrected chi connectivity index (χ0v) is 8.51. The second kappa shape index (κ2) is 3.77. The van der Waals surface area contributed by atoms with Crippen LogP contribution >= 0.6 is 0 Å².